The van der Waals surface area contributed by atoms with Gasteiger partial charge in [-0.05, 0) is 35.7 Å². The Hall–Kier alpha value is -4.88. The van der Waals surface area contributed by atoms with E-state index in [0.29, 0.717) is 23.1 Å². The molecule has 5 aromatic rings. The Balaban J connectivity index is 1.27. The second-order valence-corrected chi connectivity index (χ2v) is 10.6. The number of thiazole rings is 1. The molecule has 0 unspecified atom stereocenters. The molecule has 0 radical (unpaired) electrons. The van der Waals surface area contributed by atoms with Gasteiger partial charge in [-0.15, -0.1) is 11.3 Å². The molecule has 0 saturated heterocycles. The van der Waals surface area contributed by atoms with Crippen molar-refractivity contribution in [3.05, 3.63) is 138 Å². The number of imide groups is 1. The number of benzene rings is 4. The molecule has 0 aliphatic carbocycles. The molecule has 196 valence electrons. The van der Waals surface area contributed by atoms with Gasteiger partial charge in [0, 0.05) is 23.9 Å². The number of nitrogens with one attached hydrogen (secondary N) is 1. The maximum absolute atomic E-state index is 13.7. The van der Waals surface area contributed by atoms with E-state index in [1.54, 1.807) is 30.3 Å². The minimum atomic E-state index is -0.499. The summed E-state index contributed by atoms with van der Waals surface area (Å²) in [6.45, 7) is 0.0601. The number of fused-ring (bicyclic) bond motifs is 1. The summed E-state index contributed by atoms with van der Waals surface area (Å²) in [6.07, 6.45) is 2.28. The van der Waals surface area contributed by atoms with Crippen LogP contribution in [0.1, 0.15) is 36.6 Å². The molecule has 6 nitrogen and oxygen atoms in total. The minimum absolute atomic E-state index is 0.0601. The Bertz CT molecular complexity index is 1660. The molecule has 0 saturated carbocycles. The molecule has 1 N–H and O–H groups in total. The highest BCUT2D eigenvalue weighted by Crippen LogP contribution is 2.33. The van der Waals surface area contributed by atoms with Gasteiger partial charge in [-0.25, -0.2) is 4.98 Å². The number of rotatable bonds is 8. The fourth-order valence-electron chi connectivity index (χ4n) is 4.95. The van der Waals surface area contributed by atoms with E-state index in [-0.39, 0.29) is 24.3 Å². The van der Waals surface area contributed by atoms with Crippen LogP contribution in [0.15, 0.2) is 115 Å². The second kappa shape index (κ2) is 11.1. The zero-order valence-electron chi connectivity index (χ0n) is 21.5. The smallest absolute Gasteiger partial charge is 0.261 e. The number of aromatic nitrogens is 1. The summed E-state index contributed by atoms with van der Waals surface area (Å²) in [6, 6.07) is 33.4. The lowest BCUT2D eigenvalue weighted by atomic mass is 10.0. The largest absolute Gasteiger partial charge is 0.347 e. The van der Waals surface area contributed by atoms with Gasteiger partial charge in [-0.3, -0.25) is 19.3 Å². The first-order valence-corrected chi connectivity index (χ1v) is 13.8. The van der Waals surface area contributed by atoms with Crippen LogP contribution in [-0.2, 0) is 6.42 Å². The molecule has 0 bridgehead atoms. The molecule has 40 heavy (non-hydrogen) atoms. The average Bonchev–Trinajstić information content (AvgIpc) is 3.58. The van der Waals surface area contributed by atoms with Crippen LogP contribution < -0.4 is 5.32 Å². The van der Waals surface area contributed by atoms with Gasteiger partial charge in [-0.2, -0.15) is 0 Å². The Morgan fingerprint density at radius 1 is 0.750 bits per heavy atom. The van der Waals surface area contributed by atoms with Crippen molar-refractivity contribution in [2.24, 2.45) is 0 Å². The lowest BCUT2D eigenvalue weighted by Crippen LogP contribution is -2.47. The zero-order valence-corrected chi connectivity index (χ0v) is 22.3. The van der Waals surface area contributed by atoms with Crippen molar-refractivity contribution in [3.8, 4) is 21.0 Å². The van der Waals surface area contributed by atoms with Gasteiger partial charge in [-0.1, -0.05) is 91.0 Å². The molecule has 0 spiro atoms. The Kier molecular flexibility index (Phi) is 7.04. The SMILES string of the molecule is O=C(N[C@H](Cc1ccccc1)CN1C(=O)c2ccccc2C1=O)c1ccccc1-c1ncc(-c2ccccc2)s1. The van der Waals surface area contributed by atoms with Gasteiger partial charge in [0.1, 0.15) is 5.01 Å². The van der Waals surface area contributed by atoms with Crippen LogP contribution in [0.25, 0.3) is 21.0 Å². The van der Waals surface area contributed by atoms with Crippen LogP contribution in [0.2, 0.25) is 0 Å². The van der Waals surface area contributed by atoms with Crippen molar-refractivity contribution in [1.82, 2.24) is 15.2 Å². The summed E-state index contributed by atoms with van der Waals surface area (Å²) in [5.74, 6) is -0.973. The van der Waals surface area contributed by atoms with Crippen LogP contribution in [0.5, 0.6) is 0 Å². The van der Waals surface area contributed by atoms with Crippen LogP contribution in [0, 0.1) is 0 Å². The summed E-state index contributed by atoms with van der Waals surface area (Å²) in [4.78, 5) is 46.8. The highest BCUT2D eigenvalue weighted by atomic mass is 32.1. The van der Waals surface area contributed by atoms with E-state index in [1.165, 1.54) is 16.2 Å². The van der Waals surface area contributed by atoms with Crippen LogP contribution >= 0.6 is 11.3 Å². The first-order valence-electron chi connectivity index (χ1n) is 13.0. The molecule has 1 aliphatic rings. The van der Waals surface area contributed by atoms with E-state index in [0.717, 1.165) is 26.6 Å². The van der Waals surface area contributed by atoms with E-state index in [4.69, 9.17) is 0 Å². The molecular formula is C33H25N3O3S. The molecule has 0 fully saturated rings. The highest BCUT2D eigenvalue weighted by Gasteiger charge is 2.36. The van der Waals surface area contributed by atoms with E-state index >= 15 is 0 Å². The van der Waals surface area contributed by atoms with Crippen molar-refractivity contribution in [1.29, 1.82) is 0 Å². The fourth-order valence-corrected chi connectivity index (χ4v) is 5.91. The number of hydrogen-bond donors (Lipinski definition) is 1. The predicted octanol–water partition coefficient (Wildman–Crippen LogP) is 6.11. The van der Waals surface area contributed by atoms with E-state index in [1.807, 2.05) is 85.1 Å². The Morgan fingerprint density at radius 2 is 1.32 bits per heavy atom. The monoisotopic (exact) mass is 543 g/mol. The molecule has 3 amide bonds. The summed E-state index contributed by atoms with van der Waals surface area (Å²) in [5, 5.41) is 3.86. The van der Waals surface area contributed by atoms with Gasteiger partial charge in [0.2, 0.25) is 0 Å². The first-order chi connectivity index (χ1) is 19.6. The summed E-state index contributed by atoms with van der Waals surface area (Å²) in [5.41, 5.74) is 4.05. The van der Waals surface area contributed by atoms with Crippen molar-refractivity contribution < 1.29 is 14.4 Å². The lowest BCUT2D eigenvalue weighted by molar-refractivity contribution is 0.0628. The molecule has 1 atom stereocenters. The first kappa shape index (κ1) is 25.4. The third-order valence-corrected chi connectivity index (χ3v) is 7.99. The van der Waals surface area contributed by atoms with Crippen molar-refractivity contribution >= 4 is 29.1 Å². The number of hydrogen-bond acceptors (Lipinski definition) is 5. The number of carbonyl (C=O) groups is 3. The standard InChI is InChI=1S/C33H25N3O3S/c37-30(25-15-7-8-16-26(25)31-34-20-29(40-31)23-13-5-2-6-14-23)35-24(19-22-11-3-1-4-12-22)21-36-32(38)27-17-9-10-18-28(27)33(36)39/h1-18,20,24H,19,21H2,(H,35,37)/t24-/m1/s1. The molecular weight excluding hydrogens is 518 g/mol. The van der Waals surface area contributed by atoms with Gasteiger partial charge in [0.05, 0.1) is 22.0 Å². The number of nitrogens with zero attached hydrogens (tertiary/aromatic N) is 2. The maximum Gasteiger partial charge on any atom is 0.261 e. The Morgan fingerprint density at radius 3 is 2.00 bits per heavy atom. The van der Waals surface area contributed by atoms with Crippen molar-refractivity contribution in [2.45, 2.75) is 12.5 Å². The van der Waals surface area contributed by atoms with Crippen molar-refractivity contribution in [3.63, 3.8) is 0 Å². The summed E-state index contributed by atoms with van der Waals surface area (Å²) in [7, 11) is 0. The van der Waals surface area contributed by atoms with Crippen molar-refractivity contribution in [2.75, 3.05) is 6.54 Å². The van der Waals surface area contributed by atoms with E-state index in [2.05, 4.69) is 10.3 Å². The molecule has 6 rings (SSSR count). The topological polar surface area (TPSA) is 79.4 Å². The van der Waals surface area contributed by atoms with Gasteiger partial charge in [0.15, 0.2) is 0 Å². The normalized spacial score (nSPS) is 13.2. The quantitative estimate of drug-likeness (QED) is 0.239. The average molecular weight is 544 g/mol. The van der Waals surface area contributed by atoms with Crippen LogP contribution in [0.3, 0.4) is 0 Å². The third kappa shape index (κ3) is 5.07. The van der Waals surface area contributed by atoms with Gasteiger partial charge >= 0.3 is 0 Å². The van der Waals surface area contributed by atoms with Crippen LogP contribution in [-0.4, -0.2) is 40.2 Å². The summed E-state index contributed by atoms with van der Waals surface area (Å²) < 4.78 is 0. The molecule has 1 aliphatic heterocycles. The van der Waals surface area contributed by atoms with Crippen LogP contribution in [0.4, 0.5) is 0 Å². The minimum Gasteiger partial charge on any atom is -0.347 e. The van der Waals surface area contributed by atoms with Gasteiger partial charge in [0.25, 0.3) is 17.7 Å². The third-order valence-electron chi connectivity index (χ3n) is 6.91. The molecule has 1 aromatic heterocycles. The fraction of sp³-hybridized carbons (Fsp3) is 0.0909. The lowest BCUT2D eigenvalue weighted by Gasteiger charge is -2.24. The highest BCUT2D eigenvalue weighted by molar-refractivity contribution is 7.18. The van der Waals surface area contributed by atoms with E-state index in [9.17, 15) is 14.4 Å². The maximum atomic E-state index is 13.7. The number of carbonyl (C=O) groups excluding carboxylic acids is 3. The zero-order chi connectivity index (χ0) is 27.5. The molecule has 2 heterocycles. The molecule has 7 heteroatoms. The predicted molar refractivity (Wildman–Crippen MR) is 156 cm³/mol. The second-order valence-electron chi connectivity index (χ2n) is 9.57. The van der Waals surface area contributed by atoms with Gasteiger partial charge < -0.3 is 5.32 Å². The summed E-state index contributed by atoms with van der Waals surface area (Å²) >= 11 is 1.52. The Labute approximate surface area is 235 Å². The number of amides is 3. The van der Waals surface area contributed by atoms with E-state index < -0.39 is 6.04 Å². The molecule has 4 aromatic carbocycles.